The predicted molar refractivity (Wildman–Crippen MR) is 78.7 cm³/mol. The highest BCUT2D eigenvalue weighted by atomic mass is 16.5. The van der Waals surface area contributed by atoms with Gasteiger partial charge in [-0.05, 0) is 56.7 Å². The lowest BCUT2D eigenvalue weighted by atomic mass is 9.99. The summed E-state index contributed by atoms with van der Waals surface area (Å²) in [5, 5.41) is 13.0. The maximum Gasteiger partial charge on any atom is 0.122 e. The monoisotopic (exact) mass is 270 g/mol. The molecule has 2 unspecified atom stereocenters. The highest BCUT2D eigenvalue weighted by Crippen LogP contribution is 2.36. The molecule has 0 radical (unpaired) electrons. The number of nitriles is 1. The van der Waals surface area contributed by atoms with Crippen LogP contribution in [0.1, 0.15) is 43.2 Å². The first-order chi connectivity index (χ1) is 9.60. The molecular formula is C17H22N2O. The van der Waals surface area contributed by atoms with Crippen LogP contribution < -0.4 is 10.1 Å². The summed E-state index contributed by atoms with van der Waals surface area (Å²) in [5.41, 5.74) is 2.02. The second-order valence-corrected chi connectivity index (χ2v) is 6.36. The summed E-state index contributed by atoms with van der Waals surface area (Å²) < 4.78 is 6.15. The van der Waals surface area contributed by atoms with E-state index in [9.17, 15) is 5.26 Å². The molecule has 0 saturated heterocycles. The maximum atomic E-state index is 9.51. The van der Waals surface area contributed by atoms with Gasteiger partial charge in [0.15, 0.2) is 0 Å². The third kappa shape index (κ3) is 2.81. The van der Waals surface area contributed by atoms with Crippen LogP contribution in [-0.2, 0) is 0 Å². The van der Waals surface area contributed by atoms with Gasteiger partial charge >= 0.3 is 0 Å². The lowest BCUT2D eigenvalue weighted by Crippen LogP contribution is -2.43. The topological polar surface area (TPSA) is 45.0 Å². The van der Waals surface area contributed by atoms with Gasteiger partial charge in [0.25, 0.3) is 0 Å². The lowest BCUT2D eigenvalue weighted by molar-refractivity contribution is 0.199. The molecule has 1 aromatic carbocycles. The summed E-state index contributed by atoms with van der Waals surface area (Å²) in [4.78, 5) is 0. The Kier molecular flexibility index (Phi) is 3.43. The molecule has 0 aliphatic heterocycles. The number of ether oxygens (including phenoxy) is 1. The van der Waals surface area contributed by atoms with Crippen molar-refractivity contribution in [3.8, 4) is 11.8 Å². The minimum atomic E-state index is -0.358. The van der Waals surface area contributed by atoms with Crippen molar-refractivity contribution >= 4 is 0 Å². The van der Waals surface area contributed by atoms with Crippen LogP contribution in [0.25, 0.3) is 0 Å². The van der Waals surface area contributed by atoms with Gasteiger partial charge in [0.05, 0.1) is 6.07 Å². The molecule has 2 saturated carbocycles. The fourth-order valence-corrected chi connectivity index (χ4v) is 3.00. The van der Waals surface area contributed by atoms with Crippen molar-refractivity contribution in [2.75, 3.05) is 0 Å². The van der Waals surface area contributed by atoms with E-state index in [-0.39, 0.29) is 11.6 Å². The fourth-order valence-electron chi connectivity index (χ4n) is 3.00. The molecule has 0 amide bonds. The molecular weight excluding hydrogens is 248 g/mol. The standard InChI is InChI=1S/C17H22N2O/c1-12-3-4-13(2)16(9-12)20-15-7-8-17(10-15,11-18)19-14-5-6-14/h3-4,9,14-15,19H,5-8,10H2,1-2H3. The summed E-state index contributed by atoms with van der Waals surface area (Å²) in [6.45, 7) is 4.15. The van der Waals surface area contributed by atoms with E-state index >= 15 is 0 Å². The van der Waals surface area contributed by atoms with E-state index in [4.69, 9.17) is 4.74 Å². The number of nitrogens with zero attached hydrogens (tertiary/aromatic N) is 1. The first-order valence-electron chi connectivity index (χ1n) is 7.53. The first kappa shape index (κ1) is 13.5. The van der Waals surface area contributed by atoms with Gasteiger partial charge in [-0.15, -0.1) is 0 Å². The summed E-state index contributed by atoms with van der Waals surface area (Å²) >= 11 is 0. The first-order valence-corrected chi connectivity index (χ1v) is 7.53. The van der Waals surface area contributed by atoms with E-state index in [2.05, 4.69) is 43.4 Å². The highest BCUT2D eigenvalue weighted by Gasteiger charge is 2.43. The van der Waals surface area contributed by atoms with Crippen molar-refractivity contribution in [3.05, 3.63) is 29.3 Å². The van der Waals surface area contributed by atoms with Crippen LogP contribution in [0.4, 0.5) is 0 Å². The second kappa shape index (κ2) is 5.10. The minimum Gasteiger partial charge on any atom is -0.490 e. The molecule has 2 fully saturated rings. The van der Waals surface area contributed by atoms with E-state index < -0.39 is 0 Å². The van der Waals surface area contributed by atoms with Crippen molar-refractivity contribution in [2.24, 2.45) is 0 Å². The van der Waals surface area contributed by atoms with Gasteiger partial charge in [0.1, 0.15) is 17.4 Å². The number of hydrogen-bond acceptors (Lipinski definition) is 3. The molecule has 0 bridgehead atoms. The number of aryl methyl sites for hydroxylation is 2. The van der Waals surface area contributed by atoms with Gasteiger partial charge < -0.3 is 4.74 Å². The zero-order chi connectivity index (χ0) is 14.2. The van der Waals surface area contributed by atoms with Crippen molar-refractivity contribution in [3.63, 3.8) is 0 Å². The third-order valence-corrected chi connectivity index (χ3v) is 4.38. The Morgan fingerprint density at radius 2 is 2.10 bits per heavy atom. The molecule has 3 nitrogen and oxygen atoms in total. The summed E-state index contributed by atoms with van der Waals surface area (Å²) in [5.74, 6) is 0.968. The minimum absolute atomic E-state index is 0.154. The van der Waals surface area contributed by atoms with E-state index in [1.165, 1.54) is 24.0 Å². The van der Waals surface area contributed by atoms with Gasteiger partial charge in [-0.25, -0.2) is 0 Å². The van der Waals surface area contributed by atoms with Gasteiger partial charge in [-0.2, -0.15) is 5.26 Å². The summed E-state index contributed by atoms with van der Waals surface area (Å²) in [6, 6.07) is 9.36. The van der Waals surface area contributed by atoms with Crippen LogP contribution in [0.3, 0.4) is 0 Å². The van der Waals surface area contributed by atoms with Gasteiger partial charge in [0, 0.05) is 12.5 Å². The van der Waals surface area contributed by atoms with Crippen molar-refractivity contribution in [1.82, 2.24) is 5.32 Å². The smallest absolute Gasteiger partial charge is 0.122 e. The number of nitrogens with one attached hydrogen (secondary N) is 1. The second-order valence-electron chi connectivity index (χ2n) is 6.36. The molecule has 20 heavy (non-hydrogen) atoms. The average molecular weight is 270 g/mol. The molecule has 0 aromatic heterocycles. The molecule has 2 aliphatic carbocycles. The third-order valence-electron chi connectivity index (χ3n) is 4.38. The van der Waals surface area contributed by atoms with E-state index in [0.717, 1.165) is 25.0 Å². The Morgan fingerprint density at radius 3 is 2.80 bits per heavy atom. The number of rotatable bonds is 4. The van der Waals surface area contributed by atoms with Crippen LogP contribution in [0.15, 0.2) is 18.2 Å². The fraction of sp³-hybridized carbons (Fsp3) is 0.588. The van der Waals surface area contributed by atoms with E-state index in [0.29, 0.717) is 6.04 Å². The van der Waals surface area contributed by atoms with Gasteiger partial charge in [-0.3, -0.25) is 5.32 Å². The number of hydrogen-bond donors (Lipinski definition) is 1. The average Bonchev–Trinajstić information content (AvgIpc) is 3.14. The van der Waals surface area contributed by atoms with Gasteiger partial charge in [0.2, 0.25) is 0 Å². The van der Waals surface area contributed by atoms with Crippen molar-refractivity contribution in [2.45, 2.75) is 63.6 Å². The molecule has 0 spiro atoms. The zero-order valence-electron chi connectivity index (χ0n) is 12.3. The highest BCUT2D eigenvalue weighted by molar-refractivity contribution is 5.36. The zero-order valence-corrected chi connectivity index (χ0v) is 12.3. The molecule has 2 aliphatic rings. The number of benzene rings is 1. The largest absolute Gasteiger partial charge is 0.490 e. The predicted octanol–water partition coefficient (Wildman–Crippen LogP) is 3.25. The molecule has 1 aromatic rings. The van der Waals surface area contributed by atoms with Crippen LogP contribution in [0.2, 0.25) is 0 Å². The van der Waals surface area contributed by atoms with E-state index in [1.807, 2.05) is 0 Å². The summed E-state index contributed by atoms with van der Waals surface area (Å²) in [7, 11) is 0. The van der Waals surface area contributed by atoms with Gasteiger partial charge in [-0.1, -0.05) is 12.1 Å². The Labute approximate surface area is 120 Å². The Bertz CT molecular complexity index is 544. The van der Waals surface area contributed by atoms with Crippen molar-refractivity contribution in [1.29, 1.82) is 5.26 Å². The molecule has 3 heteroatoms. The van der Waals surface area contributed by atoms with Crippen LogP contribution in [0.5, 0.6) is 5.75 Å². The van der Waals surface area contributed by atoms with Crippen LogP contribution >= 0.6 is 0 Å². The maximum absolute atomic E-state index is 9.51. The summed E-state index contributed by atoms with van der Waals surface area (Å²) in [6.07, 6.45) is 5.24. The van der Waals surface area contributed by atoms with Crippen LogP contribution in [-0.4, -0.2) is 17.7 Å². The normalized spacial score (nSPS) is 29.1. The lowest BCUT2D eigenvalue weighted by Gasteiger charge is -2.23. The molecule has 0 heterocycles. The molecule has 106 valence electrons. The Hall–Kier alpha value is -1.53. The molecule has 3 rings (SSSR count). The molecule has 1 N–H and O–H groups in total. The van der Waals surface area contributed by atoms with Crippen molar-refractivity contribution < 1.29 is 4.74 Å². The Morgan fingerprint density at radius 1 is 1.30 bits per heavy atom. The Balaban J connectivity index is 1.67. The quantitative estimate of drug-likeness (QED) is 0.913. The SMILES string of the molecule is Cc1ccc(C)c(OC2CCC(C#N)(NC3CC3)C2)c1. The molecule has 2 atom stereocenters. The van der Waals surface area contributed by atoms with Crippen LogP contribution in [0, 0.1) is 25.2 Å². The van der Waals surface area contributed by atoms with E-state index in [1.54, 1.807) is 0 Å².